The van der Waals surface area contributed by atoms with Gasteiger partial charge in [0, 0.05) is 6.04 Å². The predicted molar refractivity (Wildman–Crippen MR) is 125 cm³/mol. The molecule has 32 heavy (non-hydrogen) atoms. The molecule has 0 fully saturated rings. The van der Waals surface area contributed by atoms with Crippen LogP contribution in [0.3, 0.4) is 0 Å². The first-order valence-corrected chi connectivity index (χ1v) is 12.3. The highest BCUT2D eigenvalue weighted by Crippen LogP contribution is 2.37. The summed E-state index contributed by atoms with van der Waals surface area (Å²) in [5, 5.41) is 0. The molecule has 0 aliphatic carbocycles. The van der Waals surface area contributed by atoms with E-state index in [1.807, 2.05) is 44.2 Å². The van der Waals surface area contributed by atoms with Gasteiger partial charge in [0.25, 0.3) is 10.0 Å². The van der Waals surface area contributed by atoms with Crippen LogP contribution in [-0.4, -0.2) is 21.6 Å². The lowest BCUT2D eigenvalue weighted by Crippen LogP contribution is -2.44. The van der Waals surface area contributed by atoms with Gasteiger partial charge in [0.1, 0.15) is 0 Å². The Morgan fingerprint density at radius 3 is 2.44 bits per heavy atom. The quantitative estimate of drug-likeness (QED) is 0.489. The monoisotopic (exact) mass is 453 g/mol. The number of ether oxygens (including phenoxy) is 1. The molecule has 0 bridgehead atoms. The lowest BCUT2D eigenvalue weighted by Gasteiger charge is -2.38. The Labute approximate surface area is 189 Å². The fraction of sp³-hybridized carbons (Fsp3) is 0.308. The summed E-state index contributed by atoms with van der Waals surface area (Å²) < 4.78 is 48.1. The maximum atomic E-state index is 13.8. The minimum atomic E-state index is -3.73. The van der Waals surface area contributed by atoms with Crippen LogP contribution in [-0.2, 0) is 22.9 Å². The maximum absolute atomic E-state index is 13.8. The topological polar surface area (TPSA) is 46.6 Å². The highest BCUT2D eigenvalue weighted by molar-refractivity contribution is 7.92. The van der Waals surface area contributed by atoms with Crippen molar-refractivity contribution in [2.45, 2.75) is 50.5 Å². The van der Waals surface area contributed by atoms with Crippen LogP contribution in [0.1, 0.15) is 35.1 Å². The molecule has 6 heteroatoms. The number of fused-ring (bicyclic) bond motifs is 1. The number of halogens is 1. The summed E-state index contributed by atoms with van der Waals surface area (Å²) in [6.07, 6.45) is 2.82. The third-order valence-electron chi connectivity index (χ3n) is 6.12. The van der Waals surface area contributed by atoms with Gasteiger partial charge in [0.05, 0.1) is 17.7 Å². The molecule has 0 spiro atoms. The highest BCUT2D eigenvalue weighted by Gasteiger charge is 2.36. The van der Waals surface area contributed by atoms with Gasteiger partial charge >= 0.3 is 0 Å². The molecular formula is C26H28FNO3S. The molecule has 168 valence electrons. The van der Waals surface area contributed by atoms with Crippen molar-refractivity contribution in [2.24, 2.45) is 0 Å². The summed E-state index contributed by atoms with van der Waals surface area (Å²) in [7, 11) is -2.29. The van der Waals surface area contributed by atoms with Gasteiger partial charge in [-0.1, -0.05) is 35.9 Å². The molecule has 0 amide bonds. The summed E-state index contributed by atoms with van der Waals surface area (Å²) in [6.45, 7) is 3.92. The molecule has 3 aromatic rings. The number of anilines is 1. The van der Waals surface area contributed by atoms with E-state index < -0.39 is 15.8 Å². The first-order chi connectivity index (χ1) is 15.3. The van der Waals surface area contributed by atoms with Crippen LogP contribution in [0.15, 0.2) is 65.6 Å². The molecule has 0 radical (unpaired) electrons. The summed E-state index contributed by atoms with van der Waals surface area (Å²) >= 11 is 0. The van der Waals surface area contributed by atoms with E-state index in [1.54, 1.807) is 28.6 Å². The average Bonchev–Trinajstić information content (AvgIpc) is 2.78. The van der Waals surface area contributed by atoms with Crippen LogP contribution in [0.4, 0.5) is 10.1 Å². The molecular weight excluding hydrogens is 425 g/mol. The van der Waals surface area contributed by atoms with Crippen molar-refractivity contribution in [1.29, 1.82) is 0 Å². The molecule has 1 aliphatic heterocycles. The third kappa shape index (κ3) is 4.37. The van der Waals surface area contributed by atoms with E-state index in [2.05, 4.69) is 0 Å². The Balaban J connectivity index is 1.70. The number of rotatable bonds is 6. The zero-order valence-electron chi connectivity index (χ0n) is 18.6. The summed E-state index contributed by atoms with van der Waals surface area (Å²) in [5.41, 5.74) is 4.77. The van der Waals surface area contributed by atoms with Crippen molar-refractivity contribution < 1.29 is 17.5 Å². The van der Waals surface area contributed by atoms with E-state index in [4.69, 9.17) is 4.74 Å². The standard InChI is InChI=1S/C26H28FNO3S/c1-18-5-13-23(14-6-18)32(29,30)28-22(12-10-21-9-4-19(2)16-25(21)28)11-7-20-8-15-24(27)26(17-20)31-3/h4-6,8-9,13-17,22H,7,10-12H2,1-3H3. The van der Waals surface area contributed by atoms with Gasteiger partial charge in [-0.3, -0.25) is 4.31 Å². The van der Waals surface area contributed by atoms with Gasteiger partial charge in [-0.25, -0.2) is 12.8 Å². The van der Waals surface area contributed by atoms with E-state index in [0.29, 0.717) is 17.7 Å². The summed E-state index contributed by atoms with van der Waals surface area (Å²) in [4.78, 5) is 0.297. The maximum Gasteiger partial charge on any atom is 0.264 e. The molecule has 1 atom stereocenters. The first-order valence-electron chi connectivity index (χ1n) is 10.8. The van der Waals surface area contributed by atoms with Crippen LogP contribution in [0.25, 0.3) is 0 Å². The van der Waals surface area contributed by atoms with Crippen molar-refractivity contribution in [3.63, 3.8) is 0 Å². The van der Waals surface area contributed by atoms with Gasteiger partial charge in [-0.15, -0.1) is 0 Å². The highest BCUT2D eigenvalue weighted by atomic mass is 32.2. The number of hydrogen-bond donors (Lipinski definition) is 0. The van der Waals surface area contributed by atoms with Crippen LogP contribution in [0.5, 0.6) is 5.75 Å². The normalized spacial score (nSPS) is 16.0. The van der Waals surface area contributed by atoms with E-state index in [1.165, 1.54) is 13.2 Å². The summed E-state index contributed by atoms with van der Waals surface area (Å²) in [6, 6.07) is 17.7. The molecule has 0 aromatic heterocycles. The van der Waals surface area contributed by atoms with Crippen LogP contribution in [0.2, 0.25) is 0 Å². The van der Waals surface area contributed by atoms with E-state index >= 15 is 0 Å². The van der Waals surface area contributed by atoms with Crippen molar-refractivity contribution in [2.75, 3.05) is 11.4 Å². The minimum Gasteiger partial charge on any atom is -0.494 e. The van der Waals surface area contributed by atoms with Crippen LogP contribution >= 0.6 is 0 Å². The van der Waals surface area contributed by atoms with Gasteiger partial charge in [0.15, 0.2) is 11.6 Å². The fourth-order valence-corrected chi connectivity index (χ4v) is 6.07. The fourth-order valence-electron chi connectivity index (χ4n) is 4.33. The largest absolute Gasteiger partial charge is 0.494 e. The Kier molecular flexibility index (Phi) is 6.24. The van der Waals surface area contributed by atoms with E-state index in [-0.39, 0.29) is 11.8 Å². The molecule has 0 N–H and O–H groups in total. The number of hydrogen-bond acceptors (Lipinski definition) is 3. The van der Waals surface area contributed by atoms with Gasteiger partial charge in [0.2, 0.25) is 0 Å². The van der Waals surface area contributed by atoms with E-state index in [0.717, 1.165) is 40.8 Å². The number of sulfonamides is 1. The molecule has 1 heterocycles. The van der Waals surface area contributed by atoms with Gasteiger partial charge < -0.3 is 4.74 Å². The number of methoxy groups -OCH3 is 1. The zero-order valence-corrected chi connectivity index (χ0v) is 19.5. The molecule has 1 unspecified atom stereocenters. The second-order valence-corrected chi connectivity index (χ2v) is 10.3. The minimum absolute atomic E-state index is 0.188. The Morgan fingerprint density at radius 1 is 1.00 bits per heavy atom. The van der Waals surface area contributed by atoms with Crippen molar-refractivity contribution in [3.05, 3.63) is 88.7 Å². The molecule has 3 aromatic carbocycles. The summed E-state index contributed by atoms with van der Waals surface area (Å²) in [5.74, 6) is -0.196. The molecule has 4 nitrogen and oxygen atoms in total. The number of nitrogens with zero attached hydrogens (tertiary/aromatic N) is 1. The van der Waals surface area contributed by atoms with Gasteiger partial charge in [-0.05, 0) is 86.6 Å². The number of benzene rings is 3. The smallest absolute Gasteiger partial charge is 0.264 e. The Hall–Kier alpha value is -2.86. The molecule has 1 aliphatic rings. The van der Waals surface area contributed by atoms with Crippen molar-refractivity contribution >= 4 is 15.7 Å². The van der Waals surface area contributed by atoms with Crippen LogP contribution in [0, 0.1) is 19.7 Å². The second kappa shape index (κ2) is 8.94. The molecule has 4 rings (SSSR count). The predicted octanol–water partition coefficient (Wildman–Crippen LogP) is 5.59. The SMILES string of the molecule is COc1cc(CCC2CCc3ccc(C)cc3N2S(=O)(=O)c2ccc(C)cc2)ccc1F. The van der Waals surface area contributed by atoms with Crippen molar-refractivity contribution in [1.82, 2.24) is 0 Å². The number of aryl methyl sites for hydroxylation is 4. The lowest BCUT2D eigenvalue weighted by atomic mass is 9.93. The molecule has 0 saturated heterocycles. The van der Waals surface area contributed by atoms with Gasteiger partial charge in [-0.2, -0.15) is 0 Å². The molecule has 0 saturated carbocycles. The average molecular weight is 454 g/mol. The first kappa shape index (κ1) is 22.3. The Bertz CT molecular complexity index is 1220. The lowest BCUT2D eigenvalue weighted by molar-refractivity contribution is 0.385. The van der Waals surface area contributed by atoms with E-state index in [9.17, 15) is 12.8 Å². The zero-order chi connectivity index (χ0) is 22.9. The van der Waals surface area contributed by atoms with Crippen molar-refractivity contribution in [3.8, 4) is 5.75 Å². The second-order valence-electron chi connectivity index (χ2n) is 8.45. The van der Waals surface area contributed by atoms with Crippen LogP contribution < -0.4 is 9.04 Å². The Morgan fingerprint density at radius 2 is 1.72 bits per heavy atom. The third-order valence-corrected chi connectivity index (χ3v) is 8.00.